The third kappa shape index (κ3) is 3.39. The third-order valence-corrected chi connectivity index (χ3v) is 4.85. The van der Waals surface area contributed by atoms with Crippen LogP contribution in [0.2, 0.25) is 0 Å². The molecule has 1 N–H and O–H groups in total. The minimum atomic E-state index is 0.662. The maximum Gasteiger partial charge on any atom is 0.210 e. The van der Waals surface area contributed by atoms with E-state index < -0.39 is 0 Å². The summed E-state index contributed by atoms with van der Waals surface area (Å²) in [5.41, 5.74) is 3.07. The van der Waals surface area contributed by atoms with Gasteiger partial charge in [-0.05, 0) is 50.2 Å². The molecule has 0 radical (unpaired) electrons. The van der Waals surface area contributed by atoms with Crippen molar-refractivity contribution in [3.63, 3.8) is 0 Å². The smallest absolute Gasteiger partial charge is 0.210 e. The number of hydrogen-bond acceptors (Lipinski definition) is 6. The molecule has 2 aromatic heterocycles. The van der Waals surface area contributed by atoms with Gasteiger partial charge in [0.25, 0.3) is 0 Å². The van der Waals surface area contributed by atoms with E-state index in [0.29, 0.717) is 13.2 Å². The summed E-state index contributed by atoms with van der Waals surface area (Å²) in [6.07, 6.45) is 0. The molecule has 0 fully saturated rings. The topological polar surface area (TPSA) is 64.9 Å². The fraction of sp³-hybridized carbons (Fsp3) is 0.211. The average molecular weight is 365 g/mol. The molecular formula is C19H19N5OS. The maximum absolute atomic E-state index is 5.46. The van der Waals surface area contributed by atoms with E-state index in [4.69, 9.17) is 4.74 Å². The van der Waals surface area contributed by atoms with Gasteiger partial charge in [0.1, 0.15) is 16.6 Å². The zero-order valence-electron chi connectivity index (χ0n) is 14.6. The van der Waals surface area contributed by atoms with Gasteiger partial charge in [0.15, 0.2) is 0 Å². The Morgan fingerprint density at radius 3 is 2.69 bits per heavy atom. The molecule has 4 aromatic rings. The van der Waals surface area contributed by atoms with Gasteiger partial charge in [-0.2, -0.15) is 0 Å². The molecule has 0 saturated carbocycles. The lowest BCUT2D eigenvalue weighted by Crippen LogP contribution is -2.01. The Hall–Kier alpha value is -2.93. The van der Waals surface area contributed by atoms with Crippen LogP contribution >= 0.6 is 11.3 Å². The summed E-state index contributed by atoms with van der Waals surface area (Å²) in [7, 11) is 0. The number of ether oxygens (including phenoxy) is 1. The fourth-order valence-corrected chi connectivity index (χ4v) is 3.57. The molecule has 0 unspecified atom stereocenters. The van der Waals surface area contributed by atoms with Crippen LogP contribution in [0.15, 0.2) is 48.5 Å². The number of benzene rings is 2. The number of hydrogen-bond donors (Lipinski definition) is 1. The summed E-state index contributed by atoms with van der Waals surface area (Å²) in [6.45, 7) is 5.31. The van der Waals surface area contributed by atoms with Crippen molar-refractivity contribution >= 4 is 33.2 Å². The highest BCUT2D eigenvalue weighted by Crippen LogP contribution is 2.24. The van der Waals surface area contributed by atoms with Gasteiger partial charge in [-0.25, -0.2) is 4.98 Å². The van der Waals surface area contributed by atoms with Crippen LogP contribution in [0, 0.1) is 6.92 Å². The highest BCUT2D eigenvalue weighted by molar-refractivity contribution is 7.15. The number of imidazole rings is 1. The highest BCUT2D eigenvalue weighted by Gasteiger charge is 2.11. The van der Waals surface area contributed by atoms with Crippen LogP contribution in [0.1, 0.15) is 17.8 Å². The number of fused-ring (bicyclic) bond motifs is 1. The molecule has 26 heavy (non-hydrogen) atoms. The number of rotatable bonds is 6. The van der Waals surface area contributed by atoms with Crippen LogP contribution in [0.25, 0.3) is 11.0 Å². The lowest BCUT2D eigenvalue weighted by Gasteiger charge is -2.05. The zero-order valence-corrected chi connectivity index (χ0v) is 15.5. The molecule has 0 atom stereocenters. The number of nitrogens with one attached hydrogen (secondary N) is 1. The normalized spacial score (nSPS) is 11.0. The van der Waals surface area contributed by atoms with E-state index in [9.17, 15) is 0 Å². The molecule has 2 aromatic carbocycles. The van der Waals surface area contributed by atoms with Gasteiger partial charge in [0.05, 0.1) is 24.2 Å². The second-order valence-corrected chi connectivity index (χ2v) is 6.88. The molecule has 0 aliphatic carbocycles. The van der Waals surface area contributed by atoms with E-state index in [1.807, 2.05) is 56.3 Å². The summed E-state index contributed by atoms with van der Waals surface area (Å²) >= 11 is 1.54. The molecule has 7 heteroatoms. The van der Waals surface area contributed by atoms with E-state index in [1.165, 1.54) is 0 Å². The molecule has 0 aliphatic rings. The van der Waals surface area contributed by atoms with Crippen molar-refractivity contribution < 1.29 is 4.74 Å². The first-order valence-electron chi connectivity index (χ1n) is 8.47. The van der Waals surface area contributed by atoms with Crippen molar-refractivity contribution in [1.29, 1.82) is 0 Å². The Morgan fingerprint density at radius 1 is 1.08 bits per heavy atom. The number of para-hydroxylation sites is 2. The summed E-state index contributed by atoms with van der Waals surface area (Å²) in [5.74, 6) is 1.83. The lowest BCUT2D eigenvalue weighted by atomic mass is 10.3. The van der Waals surface area contributed by atoms with Gasteiger partial charge in [-0.1, -0.05) is 23.5 Å². The quantitative estimate of drug-likeness (QED) is 0.549. The van der Waals surface area contributed by atoms with Crippen LogP contribution in [0.5, 0.6) is 5.75 Å². The molecule has 0 saturated heterocycles. The number of aryl methyl sites for hydroxylation is 1. The Bertz CT molecular complexity index is 1020. The van der Waals surface area contributed by atoms with Gasteiger partial charge >= 0.3 is 0 Å². The number of nitrogens with zero attached hydrogens (tertiary/aromatic N) is 4. The lowest BCUT2D eigenvalue weighted by molar-refractivity contribution is 0.340. The maximum atomic E-state index is 5.46. The summed E-state index contributed by atoms with van der Waals surface area (Å²) in [6, 6.07) is 16.0. The zero-order chi connectivity index (χ0) is 17.9. The largest absolute Gasteiger partial charge is 0.494 e. The molecule has 2 heterocycles. The van der Waals surface area contributed by atoms with Crippen molar-refractivity contribution in [2.24, 2.45) is 0 Å². The molecule has 6 nitrogen and oxygen atoms in total. The third-order valence-electron chi connectivity index (χ3n) is 4.02. The average Bonchev–Trinajstić information content (AvgIpc) is 3.22. The Labute approximate surface area is 155 Å². The van der Waals surface area contributed by atoms with E-state index >= 15 is 0 Å². The van der Waals surface area contributed by atoms with E-state index in [-0.39, 0.29) is 0 Å². The van der Waals surface area contributed by atoms with Crippen molar-refractivity contribution in [3.8, 4) is 5.75 Å². The van der Waals surface area contributed by atoms with E-state index in [2.05, 4.69) is 31.1 Å². The number of aromatic nitrogens is 4. The molecule has 0 bridgehead atoms. The summed E-state index contributed by atoms with van der Waals surface area (Å²) in [5, 5.41) is 13.6. The van der Waals surface area contributed by atoms with E-state index in [1.54, 1.807) is 11.3 Å². The number of anilines is 2. The highest BCUT2D eigenvalue weighted by atomic mass is 32.1. The van der Waals surface area contributed by atoms with Crippen LogP contribution in [0.4, 0.5) is 10.8 Å². The minimum Gasteiger partial charge on any atom is -0.494 e. The van der Waals surface area contributed by atoms with Crippen LogP contribution < -0.4 is 10.1 Å². The fourth-order valence-electron chi connectivity index (χ4n) is 2.82. The van der Waals surface area contributed by atoms with E-state index in [0.717, 1.165) is 38.4 Å². The standard InChI is InChI=1S/C19H19N5OS/c1-3-25-15-10-8-14(9-11-15)21-19-23-22-18(26-19)12-24-13(2)20-16-6-4-5-7-17(16)24/h4-11H,3,12H2,1-2H3,(H,21,23). The monoisotopic (exact) mass is 365 g/mol. The Morgan fingerprint density at radius 2 is 1.88 bits per heavy atom. The van der Waals surface area contributed by atoms with Crippen LogP contribution in [-0.2, 0) is 6.54 Å². The minimum absolute atomic E-state index is 0.662. The molecule has 0 aliphatic heterocycles. The summed E-state index contributed by atoms with van der Waals surface area (Å²) < 4.78 is 7.62. The van der Waals surface area contributed by atoms with Gasteiger partial charge < -0.3 is 14.6 Å². The van der Waals surface area contributed by atoms with Gasteiger partial charge in [-0.15, -0.1) is 10.2 Å². The second-order valence-electron chi connectivity index (χ2n) is 5.82. The molecule has 132 valence electrons. The SMILES string of the molecule is CCOc1ccc(Nc2nnc(Cn3c(C)nc4ccccc43)s2)cc1. The molecule has 4 rings (SSSR count). The predicted molar refractivity (Wildman–Crippen MR) is 104 cm³/mol. The summed E-state index contributed by atoms with van der Waals surface area (Å²) in [4.78, 5) is 4.60. The van der Waals surface area contributed by atoms with Gasteiger partial charge in [0.2, 0.25) is 5.13 Å². The van der Waals surface area contributed by atoms with Crippen molar-refractivity contribution in [3.05, 3.63) is 59.4 Å². The first kappa shape index (κ1) is 16.5. The van der Waals surface area contributed by atoms with Crippen LogP contribution in [-0.4, -0.2) is 26.4 Å². The van der Waals surface area contributed by atoms with Gasteiger partial charge in [-0.3, -0.25) is 0 Å². The van der Waals surface area contributed by atoms with Gasteiger partial charge in [0, 0.05) is 5.69 Å². The Balaban J connectivity index is 1.50. The molecule has 0 amide bonds. The van der Waals surface area contributed by atoms with Crippen molar-refractivity contribution in [1.82, 2.24) is 19.7 Å². The predicted octanol–water partition coefficient (Wildman–Crippen LogP) is 4.39. The Kier molecular flexibility index (Phi) is 4.53. The van der Waals surface area contributed by atoms with Crippen molar-refractivity contribution in [2.45, 2.75) is 20.4 Å². The molecular weight excluding hydrogens is 346 g/mol. The first-order valence-corrected chi connectivity index (χ1v) is 9.28. The first-order chi connectivity index (χ1) is 12.7. The molecule has 0 spiro atoms. The van der Waals surface area contributed by atoms with Crippen molar-refractivity contribution in [2.75, 3.05) is 11.9 Å². The second kappa shape index (κ2) is 7.13. The van der Waals surface area contributed by atoms with Crippen LogP contribution in [0.3, 0.4) is 0 Å².